The zero-order valence-corrected chi connectivity index (χ0v) is 26.0. The van der Waals surface area contributed by atoms with Gasteiger partial charge in [0.1, 0.15) is 40.3 Å². The number of carbonyl (C=O) groups is 3. The van der Waals surface area contributed by atoms with Gasteiger partial charge in [0.25, 0.3) is 0 Å². The number of carbonyl (C=O) groups excluding carboxylic acids is 3. The van der Waals surface area contributed by atoms with Crippen LogP contribution in [0, 0.1) is 0 Å². The van der Waals surface area contributed by atoms with Crippen molar-refractivity contribution in [1.82, 2.24) is 0 Å². The van der Waals surface area contributed by atoms with Gasteiger partial charge in [-0.1, -0.05) is 46.9 Å². The van der Waals surface area contributed by atoms with Gasteiger partial charge in [0, 0.05) is 10.6 Å². The molecule has 0 saturated heterocycles. The van der Waals surface area contributed by atoms with Gasteiger partial charge in [-0.15, -0.1) is 0 Å². The van der Waals surface area contributed by atoms with Gasteiger partial charge in [0.15, 0.2) is 5.78 Å². The number of ether oxygens (including phenoxy) is 5. The van der Waals surface area contributed by atoms with E-state index in [0.717, 1.165) is 4.90 Å². The minimum Gasteiger partial charge on any atom is -0.497 e. The smallest absolute Gasteiger partial charge is 0.420 e. The maximum Gasteiger partial charge on any atom is 0.420 e. The Labute approximate surface area is 268 Å². The summed E-state index contributed by atoms with van der Waals surface area (Å²) in [5, 5.41) is 0.256. The number of methoxy groups -OCH3 is 2. The van der Waals surface area contributed by atoms with E-state index >= 15 is 0 Å². The highest BCUT2D eigenvalue weighted by Crippen LogP contribution is 2.42. The minimum atomic E-state index is -0.908. The predicted octanol–water partition coefficient (Wildman–Crippen LogP) is 8.26. The largest absolute Gasteiger partial charge is 0.497 e. The van der Waals surface area contributed by atoms with Gasteiger partial charge in [-0.3, -0.25) is 14.5 Å². The standard InChI is InChI=1S/C32H26Cl3NO8/c1-4-42-28(37)18-36(32(39)44-22-10-8-21(40-2)9-11-22)25-13-15-27(30(35)29(25)34)43-23-12-14-26(41-3)24(17-23)31(38)19-6-5-7-20(33)16-19/h5-17H,4,18H2,1-3H3. The summed E-state index contributed by atoms with van der Waals surface area (Å²) in [6, 6.07) is 20.4. The molecule has 12 heteroatoms. The summed E-state index contributed by atoms with van der Waals surface area (Å²) in [4.78, 5) is 39.9. The van der Waals surface area contributed by atoms with Crippen LogP contribution < -0.4 is 23.8 Å². The Morgan fingerprint density at radius 3 is 2.09 bits per heavy atom. The summed E-state index contributed by atoms with van der Waals surface area (Å²) >= 11 is 19.3. The first-order valence-electron chi connectivity index (χ1n) is 13.1. The second-order valence-corrected chi connectivity index (χ2v) is 10.1. The molecule has 0 fully saturated rings. The van der Waals surface area contributed by atoms with E-state index in [2.05, 4.69) is 0 Å². The summed E-state index contributed by atoms with van der Waals surface area (Å²) in [6.45, 7) is 1.23. The van der Waals surface area contributed by atoms with Crippen molar-refractivity contribution in [2.75, 3.05) is 32.3 Å². The normalized spacial score (nSPS) is 10.5. The molecule has 0 heterocycles. The fourth-order valence-electron chi connectivity index (χ4n) is 4.03. The molecule has 44 heavy (non-hydrogen) atoms. The molecule has 4 aromatic carbocycles. The molecular weight excluding hydrogens is 633 g/mol. The van der Waals surface area contributed by atoms with E-state index in [1.165, 1.54) is 44.6 Å². The van der Waals surface area contributed by atoms with E-state index in [9.17, 15) is 14.4 Å². The first-order valence-corrected chi connectivity index (χ1v) is 14.2. The van der Waals surface area contributed by atoms with Crippen LogP contribution >= 0.6 is 34.8 Å². The van der Waals surface area contributed by atoms with Crippen LogP contribution in [0.25, 0.3) is 0 Å². The minimum absolute atomic E-state index is 0.0613. The summed E-state index contributed by atoms with van der Waals surface area (Å²) in [5.74, 6) is 0.439. The van der Waals surface area contributed by atoms with Gasteiger partial charge < -0.3 is 23.7 Å². The van der Waals surface area contributed by atoms with Crippen LogP contribution in [0.15, 0.2) is 78.9 Å². The van der Waals surface area contributed by atoms with Crippen molar-refractivity contribution in [3.63, 3.8) is 0 Å². The Hall–Kier alpha value is -4.44. The van der Waals surface area contributed by atoms with Crippen molar-refractivity contribution < 1.29 is 38.1 Å². The number of ketones is 1. The number of hydrogen-bond donors (Lipinski definition) is 0. The Morgan fingerprint density at radius 1 is 0.750 bits per heavy atom. The van der Waals surface area contributed by atoms with Gasteiger partial charge in [-0.25, -0.2) is 4.79 Å². The highest BCUT2D eigenvalue weighted by molar-refractivity contribution is 6.45. The fourth-order valence-corrected chi connectivity index (χ4v) is 4.68. The lowest BCUT2D eigenvalue weighted by Crippen LogP contribution is -2.38. The maximum atomic E-state index is 13.3. The number of amides is 1. The molecule has 0 unspecified atom stereocenters. The summed E-state index contributed by atoms with van der Waals surface area (Å²) < 4.78 is 27.0. The van der Waals surface area contributed by atoms with Crippen molar-refractivity contribution in [3.8, 4) is 28.7 Å². The fraction of sp³-hybridized carbons (Fsp3) is 0.156. The van der Waals surface area contributed by atoms with E-state index in [0.29, 0.717) is 22.1 Å². The van der Waals surface area contributed by atoms with E-state index in [1.807, 2.05) is 0 Å². The number of hydrogen-bond acceptors (Lipinski definition) is 8. The van der Waals surface area contributed by atoms with Crippen LogP contribution in [0.5, 0.6) is 28.7 Å². The predicted molar refractivity (Wildman–Crippen MR) is 167 cm³/mol. The van der Waals surface area contributed by atoms with Crippen molar-refractivity contribution in [3.05, 3.63) is 105 Å². The average molecular weight is 659 g/mol. The Morgan fingerprint density at radius 2 is 1.43 bits per heavy atom. The van der Waals surface area contributed by atoms with E-state index < -0.39 is 18.6 Å². The Bertz CT molecular complexity index is 1680. The van der Waals surface area contributed by atoms with Gasteiger partial charge in [0.2, 0.25) is 0 Å². The Balaban J connectivity index is 1.63. The SMILES string of the molecule is CCOC(=O)CN(C(=O)Oc1ccc(OC)cc1)c1ccc(Oc2ccc(OC)c(C(=O)c3cccc(Cl)c3)c2)c(Cl)c1Cl. The number of rotatable bonds is 11. The molecule has 0 saturated carbocycles. The first-order chi connectivity index (χ1) is 21.1. The van der Waals surface area contributed by atoms with Gasteiger partial charge in [-0.05, 0) is 73.7 Å². The van der Waals surface area contributed by atoms with E-state index in [4.69, 9.17) is 58.5 Å². The summed E-state index contributed by atoms with van der Waals surface area (Å²) in [7, 11) is 2.96. The van der Waals surface area contributed by atoms with Gasteiger partial charge in [0.05, 0.1) is 37.1 Å². The zero-order chi connectivity index (χ0) is 31.8. The number of halogens is 3. The number of esters is 1. The van der Waals surface area contributed by atoms with E-state index in [1.54, 1.807) is 55.5 Å². The molecule has 0 aromatic heterocycles. The van der Waals surface area contributed by atoms with Crippen molar-refractivity contribution >= 4 is 58.3 Å². The molecule has 0 aliphatic heterocycles. The molecule has 0 radical (unpaired) electrons. The van der Waals surface area contributed by atoms with Gasteiger partial charge >= 0.3 is 12.1 Å². The monoisotopic (exact) mass is 657 g/mol. The Kier molecular flexibility index (Phi) is 10.9. The second kappa shape index (κ2) is 14.8. The van der Waals surface area contributed by atoms with Crippen LogP contribution in [0.3, 0.4) is 0 Å². The topological polar surface area (TPSA) is 101 Å². The average Bonchev–Trinajstić information content (AvgIpc) is 3.02. The summed E-state index contributed by atoms with van der Waals surface area (Å²) in [6.07, 6.45) is -0.908. The molecule has 0 N–H and O–H groups in total. The molecule has 4 rings (SSSR count). The number of benzene rings is 4. The molecule has 228 valence electrons. The third kappa shape index (κ3) is 7.74. The molecule has 1 amide bonds. The lowest BCUT2D eigenvalue weighted by atomic mass is 10.0. The molecule has 0 atom stereocenters. The molecule has 0 spiro atoms. The quantitative estimate of drug-likeness (QED) is 0.117. The molecular formula is C32H26Cl3NO8. The lowest BCUT2D eigenvalue weighted by Gasteiger charge is -2.23. The third-order valence-corrected chi connectivity index (χ3v) is 7.21. The number of anilines is 1. The number of nitrogens with zero attached hydrogens (tertiary/aromatic N) is 1. The van der Waals surface area contributed by atoms with Crippen molar-refractivity contribution in [2.45, 2.75) is 6.92 Å². The highest BCUT2D eigenvalue weighted by Gasteiger charge is 2.27. The van der Waals surface area contributed by atoms with Gasteiger partial charge in [-0.2, -0.15) is 0 Å². The summed E-state index contributed by atoms with van der Waals surface area (Å²) in [5.41, 5.74) is 0.664. The van der Waals surface area contributed by atoms with Crippen molar-refractivity contribution in [2.24, 2.45) is 0 Å². The van der Waals surface area contributed by atoms with Crippen LogP contribution in [0.4, 0.5) is 10.5 Å². The lowest BCUT2D eigenvalue weighted by molar-refractivity contribution is -0.141. The third-order valence-electron chi connectivity index (χ3n) is 6.12. The second-order valence-electron chi connectivity index (χ2n) is 8.95. The molecule has 9 nitrogen and oxygen atoms in total. The maximum absolute atomic E-state index is 13.3. The first kappa shape index (κ1) is 32.5. The highest BCUT2D eigenvalue weighted by atomic mass is 35.5. The zero-order valence-electron chi connectivity index (χ0n) is 23.8. The van der Waals surface area contributed by atoms with Crippen molar-refractivity contribution in [1.29, 1.82) is 0 Å². The van der Waals surface area contributed by atoms with Crippen LogP contribution in [0.1, 0.15) is 22.8 Å². The molecule has 0 aliphatic rings. The van der Waals surface area contributed by atoms with Crippen LogP contribution in [0.2, 0.25) is 15.1 Å². The van der Waals surface area contributed by atoms with Crippen LogP contribution in [-0.2, 0) is 9.53 Å². The molecule has 0 aliphatic carbocycles. The molecule has 0 bridgehead atoms. The van der Waals surface area contributed by atoms with E-state index in [-0.39, 0.29) is 50.9 Å². The molecule has 4 aromatic rings. The van der Waals surface area contributed by atoms with Crippen LogP contribution in [-0.4, -0.2) is 45.2 Å².